The maximum Gasteiger partial charge on any atom is 0.318 e. The fourth-order valence-electron chi connectivity index (χ4n) is 0.787. The van der Waals surface area contributed by atoms with Gasteiger partial charge in [0.15, 0.2) is 0 Å². The van der Waals surface area contributed by atoms with E-state index in [0.29, 0.717) is 12.4 Å². The molecule has 0 saturated carbocycles. The van der Waals surface area contributed by atoms with Gasteiger partial charge in [-0.1, -0.05) is 6.07 Å². The Labute approximate surface area is 65.7 Å². The molecular weight excluding hydrogens is 140 g/mol. The molecule has 0 saturated heterocycles. The summed E-state index contributed by atoms with van der Waals surface area (Å²) in [6.07, 6.45) is 3.44. The molecule has 0 aromatic carbocycles. The van der Waals surface area contributed by atoms with Gasteiger partial charge in [0.25, 0.3) is 0 Å². The number of rotatable bonds is 3. The minimum absolute atomic E-state index is 0.598. The van der Waals surface area contributed by atoms with Crippen LogP contribution in [0.2, 0.25) is 0 Å². The van der Waals surface area contributed by atoms with Crippen LogP contribution in [0.1, 0.15) is 6.92 Å². The van der Waals surface area contributed by atoms with E-state index in [1.165, 1.54) is 4.90 Å². The van der Waals surface area contributed by atoms with Crippen molar-refractivity contribution in [3.05, 3.63) is 24.4 Å². The van der Waals surface area contributed by atoms with Gasteiger partial charge in [-0.25, -0.2) is 4.98 Å². The molecule has 1 aromatic rings. The van der Waals surface area contributed by atoms with Crippen LogP contribution in [-0.2, 0) is 4.79 Å². The second-order valence-electron chi connectivity index (χ2n) is 2.02. The van der Waals surface area contributed by atoms with Crippen LogP contribution in [0.3, 0.4) is 0 Å². The number of nitrogens with zero attached hydrogens (tertiary/aromatic N) is 2. The monoisotopic (exact) mass is 149 g/mol. The van der Waals surface area contributed by atoms with Gasteiger partial charge in [0.1, 0.15) is 5.82 Å². The summed E-state index contributed by atoms with van der Waals surface area (Å²) in [5.74, 6) is 0.644. The lowest BCUT2D eigenvalue weighted by Gasteiger charge is -2.10. The van der Waals surface area contributed by atoms with Gasteiger partial charge in [0.05, 0.1) is 0 Å². The molecule has 1 amide bonds. The highest BCUT2D eigenvalue weighted by Crippen LogP contribution is 2.05. The van der Waals surface area contributed by atoms with Gasteiger partial charge in [-0.3, -0.25) is 9.69 Å². The van der Waals surface area contributed by atoms with Gasteiger partial charge in [-0.05, 0) is 19.1 Å². The highest BCUT2D eigenvalue weighted by molar-refractivity contribution is 5.72. The Balaban J connectivity index is 2.82. The molecule has 0 bridgehead atoms. The molecule has 0 N–H and O–H groups in total. The Morgan fingerprint density at radius 3 is 2.91 bits per heavy atom. The molecule has 57 valence electrons. The lowest BCUT2D eigenvalue weighted by atomic mass is 10.4. The van der Waals surface area contributed by atoms with E-state index in [2.05, 4.69) is 4.98 Å². The molecule has 11 heavy (non-hydrogen) atoms. The average Bonchev–Trinajstić information content (AvgIpc) is 2.09. The first-order chi connectivity index (χ1) is 5.38. The van der Waals surface area contributed by atoms with Crippen molar-refractivity contribution in [3.8, 4) is 0 Å². The van der Waals surface area contributed by atoms with Crippen molar-refractivity contribution in [1.29, 1.82) is 0 Å². The summed E-state index contributed by atoms with van der Waals surface area (Å²) in [6, 6.07) is 5.42. The predicted molar refractivity (Wildman–Crippen MR) is 43.0 cm³/mol. The molecule has 0 atom stereocenters. The van der Waals surface area contributed by atoms with E-state index in [4.69, 9.17) is 0 Å². The average molecular weight is 149 g/mol. The van der Waals surface area contributed by atoms with Crippen LogP contribution < -0.4 is 4.90 Å². The molecule has 0 aliphatic carbocycles. The quantitative estimate of drug-likeness (QED) is 0.600. The summed E-state index contributed by atoms with van der Waals surface area (Å²) in [5.41, 5.74) is 0. The van der Waals surface area contributed by atoms with Crippen molar-refractivity contribution >= 4 is 12.2 Å². The van der Waals surface area contributed by atoms with Crippen LogP contribution in [-0.4, -0.2) is 17.9 Å². The minimum atomic E-state index is 0.598. The molecule has 0 aliphatic heterocycles. The zero-order chi connectivity index (χ0) is 8.10. The molecule has 1 heterocycles. The Morgan fingerprint density at radius 1 is 1.64 bits per heavy atom. The first-order valence-corrected chi connectivity index (χ1v) is 3.45. The van der Waals surface area contributed by atoms with Crippen molar-refractivity contribution in [2.24, 2.45) is 0 Å². The summed E-state index contributed by atoms with van der Waals surface area (Å²) in [4.78, 5) is 15.7. The molecular formula is C8H9N2O. The van der Waals surface area contributed by atoms with Crippen LogP contribution >= 0.6 is 0 Å². The SMILES string of the molecule is CCN([C]=O)c1ccccn1. The summed E-state index contributed by atoms with van der Waals surface area (Å²) >= 11 is 0. The topological polar surface area (TPSA) is 33.2 Å². The van der Waals surface area contributed by atoms with Crippen LogP contribution in [0, 0.1) is 0 Å². The van der Waals surface area contributed by atoms with Gasteiger partial charge in [0, 0.05) is 12.7 Å². The van der Waals surface area contributed by atoms with Crippen molar-refractivity contribution in [2.45, 2.75) is 6.92 Å². The van der Waals surface area contributed by atoms with Crippen molar-refractivity contribution in [1.82, 2.24) is 4.98 Å². The third-order valence-electron chi connectivity index (χ3n) is 1.35. The number of aromatic nitrogens is 1. The third kappa shape index (κ3) is 1.77. The number of anilines is 1. The van der Waals surface area contributed by atoms with Gasteiger partial charge >= 0.3 is 6.41 Å². The van der Waals surface area contributed by atoms with E-state index >= 15 is 0 Å². The van der Waals surface area contributed by atoms with E-state index in [-0.39, 0.29) is 0 Å². The molecule has 1 radical (unpaired) electrons. The fourth-order valence-corrected chi connectivity index (χ4v) is 0.787. The van der Waals surface area contributed by atoms with Gasteiger partial charge in [0.2, 0.25) is 0 Å². The smallest absolute Gasteiger partial charge is 0.289 e. The summed E-state index contributed by atoms with van der Waals surface area (Å²) in [7, 11) is 0. The second kappa shape index (κ2) is 3.71. The second-order valence-corrected chi connectivity index (χ2v) is 2.02. The van der Waals surface area contributed by atoms with Crippen LogP contribution in [0.25, 0.3) is 0 Å². The molecule has 0 spiro atoms. The van der Waals surface area contributed by atoms with E-state index in [0.717, 1.165) is 0 Å². The maximum atomic E-state index is 10.3. The summed E-state index contributed by atoms with van der Waals surface area (Å²) in [5, 5.41) is 0. The first-order valence-electron chi connectivity index (χ1n) is 3.45. The van der Waals surface area contributed by atoms with Gasteiger partial charge in [-0.15, -0.1) is 0 Å². The lowest BCUT2D eigenvalue weighted by molar-refractivity contribution is 0.551. The number of hydrogen-bond acceptors (Lipinski definition) is 2. The molecule has 3 heteroatoms. The first kappa shape index (κ1) is 7.72. The predicted octanol–water partition coefficient (Wildman–Crippen LogP) is 0.975. The minimum Gasteiger partial charge on any atom is -0.289 e. The zero-order valence-electron chi connectivity index (χ0n) is 6.32. The van der Waals surface area contributed by atoms with Crippen molar-refractivity contribution in [3.63, 3.8) is 0 Å². The largest absolute Gasteiger partial charge is 0.318 e. The lowest BCUT2D eigenvalue weighted by Crippen LogP contribution is -2.20. The van der Waals surface area contributed by atoms with Crippen molar-refractivity contribution < 1.29 is 4.79 Å². The normalized spacial score (nSPS) is 9.18. The summed E-state index contributed by atoms with van der Waals surface area (Å²) < 4.78 is 0. The Kier molecular flexibility index (Phi) is 2.60. The van der Waals surface area contributed by atoms with E-state index in [9.17, 15) is 4.79 Å². The fraction of sp³-hybridized carbons (Fsp3) is 0.250. The van der Waals surface area contributed by atoms with Crippen LogP contribution in [0.5, 0.6) is 0 Å². The molecule has 3 nitrogen and oxygen atoms in total. The summed E-state index contributed by atoms with van der Waals surface area (Å²) in [6.45, 7) is 2.47. The molecule has 0 fully saturated rings. The van der Waals surface area contributed by atoms with E-state index in [1.807, 2.05) is 19.1 Å². The molecule has 1 rings (SSSR count). The third-order valence-corrected chi connectivity index (χ3v) is 1.35. The maximum absolute atomic E-state index is 10.3. The van der Waals surface area contributed by atoms with Crippen LogP contribution in [0.4, 0.5) is 5.82 Å². The molecule has 1 aromatic heterocycles. The Morgan fingerprint density at radius 2 is 2.45 bits per heavy atom. The van der Waals surface area contributed by atoms with E-state index in [1.54, 1.807) is 18.7 Å². The molecule has 0 aliphatic rings. The van der Waals surface area contributed by atoms with E-state index < -0.39 is 0 Å². The van der Waals surface area contributed by atoms with Crippen molar-refractivity contribution in [2.75, 3.05) is 11.4 Å². The standard InChI is InChI=1S/C8H9N2O/c1-2-10(7-11)8-5-3-4-6-9-8/h3-6H,2H2,1H3. The number of amides is 1. The number of hydrogen-bond donors (Lipinski definition) is 0. The molecule has 0 unspecified atom stereocenters. The Hall–Kier alpha value is -1.38. The number of carbonyl (C=O) groups excluding carboxylic acids is 1. The number of pyridine rings is 1. The zero-order valence-corrected chi connectivity index (χ0v) is 6.32. The highest BCUT2D eigenvalue weighted by Gasteiger charge is 2.01. The highest BCUT2D eigenvalue weighted by atomic mass is 16.1. The van der Waals surface area contributed by atoms with Crippen LogP contribution in [0.15, 0.2) is 24.4 Å². The Bertz CT molecular complexity index is 223. The van der Waals surface area contributed by atoms with Gasteiger partial charge in [-0.2, -0.15) is 0 Å². The van der Waals surface area contributed by atoms with Gasteiger partial charge < -0.3 is 0 Å².